The molecule has 0 radical (unpaired) electrons. The Balaban J connectivity index is 0.000000222. The molecule has 0 amide bonds. The second-order valence-electron chi connectivity index (χ2n) is 7.93. The van der Waals surface area contributed by atoms with Crippen LogP contribution in [-0.2, 0) is 19.7 Å². The molecule has 0 aliphatic heterocycles. The maximum atomic E-state index is 12.9. The van der Waals surface area contributed by atoms with E-state index in [4.69, 9.17) is 11.5 Å². The molecule has 0 saturated heterocycles. The number of phenolic OH excluding ortho intramolecular Hbond substituents is 4. The third kappa shape index (κ3) is 6.69. The van der Waals surface area contributed by atoms with Gasteiger partial charge in [0.05, 0.1) is 21.2 Å². The first-order chi connectivity index (χ1) is 18.5. The number of phenols is 4. The summed E-state index contributed by atoms with van der Waals surface area (Å²) in [7, 11) is -7.81. The number of aromatic hydroxyl groups is 4. The zero-order valence-corrected chi connectivity index (χ0v) is 27.7. The molecule has 0 heterocycles. The van der Waals surface area contributed by atoms with Gasteiger partial charge in [-0.15, -0.1) is 0 Å². The fourth-order valence-electron chi connectivity index (χ4n) is 3.39. The Bertz CT molecular complexity index is 1680. The van der Waals surface area contributed by atoms with Gasteiger partial charge in [-0.2, -0.15) is 0 Å². The minimum Gasteiger partial charge on any atom is -0.508 e. The molecule has 4 aromatic rings. The van der Waals surface area contributed by atoms with Gasteiger partial charge in [-0.3, -0.25) is 0 Å². The van der Waals surface area contributed by atoms with Crippen LogP contribution in [0.4, 0.5) is 11.4 Å². The summed E-state index contributed by atoms with van der Waals surface area (Å²) in [5.74, 6) is -0.404. The lowest BCUT2D eigenvalue weighted by Gasteiger charge is -2.13. The Hall–Kier alpha value is -2.50. The molecule has 0 aliphatic carbocycles. The summed E-state index contributed by atoms with van der Waals surface area (Å²) in [6.07, 6.45) is 0. The molecule has 4 aromatic carbocycles. The minimum absolute atomic E-state index is 0.0209. The summed E-state index contributed by atoms with van der Waals surface area (Å²) in [5.41, 5.74) is 11.0. The molecule has 0 bridgehead atoms. The summed E-state index contributed by atoms with van der Waals surface area (Å²) in [4.78, 5) is -0.342. The molecule has 212 valence electrons. The number of halogens is 4. The predicted octanol–water partition coefficient (Wildman–Crippen LogP) is 6.08. The zero-order chi connectivity index (χ0) is 30.2. The summed E-state index contributed by atoms with van der Waals surface area (Å²) >= 11 is 12.6. The van der Waals surface area contributed by atoms with E-state index >= 15 is 0 Å². The van der Waals surface area contributed by atoms with Crippen molar-refractivity contribution in [3.05, 3.63) is 78.6 Å². The first kappa shape index (κ1) is 32.0. The van der Waals surface area contributed by atoms with Gasteiger partial charge in [0.15, 0.2) is 0 Å². The molecule has 4 rings (SSSR count). The van der Waals surface area contributed by atoms with Crippen LogP contribution in [0.15, 0.2) is 98.1 Å². The molecule has 16 heteroatoms. The van der Waals surface area contributed by atoms with E-state index < -0.39 is 19.7 Å². The molecule has 0 atom stereocenters. The molecule has 0 spiro atoms. The third-order valence-corrected chi connectivity index (χ3v) is 12.5. The van der Waals surface area contributed by atoms with Crippen LogP contribution in [-0.4, -0.2) is 37.3 Å². The third-order valence-electron chi connectivity index (χ3n) is 5.07. The van der Waals surface area contributed by atoms with Crippen LogP contribution in [0, 0.1) is 0 Å². The maximum absolute atomic E-state index is 12.9. The van der Waals surface area contributed by atoms with Crippen molar-refractivity contribution in [3.63, 3.8) is 0 Å². The maximum Gasteiger partial charge on any atom is 0.211 e. The summed E-state index contributed by atoms with van der Waals surface area (Å²) < 4.78 is 51.4. The van der Waals surface area contributed by atoms with Crippen LogP contribution in [0.5, 0.6) is 23.0 Å². The topological polar surface area (TPSA) is 201 Å². The van der Waals surface area contributed by atoms with Gasteiger partial charge in [0, 0.05) is 30.0 Å². The predicted molar refractivity (Wildman–Crippen MR) is 163 cm³/mol. The van der Waals surface area contributed by atoms with E-state index in [2.05, 4.69) is 63.7 Å². The SMILES string of the molecule is Nc1cc(O)ccc1S(=O)(=O)c1ccc(O)cc1N.O=S(=O)(c1c(Br)cc(O)cc1Br)c1c(Br)cc(O)cc1Br. The van der Waals surface area contributed by atoms with Crippen molar-refractivity contribution in [1.29, 1.82) is 0 Å². The van der Waals surface area contributed by atoms with Crippen LogP contribution in [0.3, 0.4) is 0 Å². The summed E-state index contributed by atoms with van der Waals surface area (Å²) in [6.45, 7) is 0. The van der Waals surface area contributed by atoms with Crippen LogP contribution in [0.1, 0.15) is 0 Å². The highest BCUT2D eigenvalue weighted by Crippen LogP contribution is 2.42. The van der Waals surface area contributed by atoms with Crippen molar-refractivity contribution in [3.8, 4) is 23.0 Å². The monoisotopic (exact) mass is 842 g/mol. The van der Waals surface area contributed by atoms with Gasteiger partial charge < -0.3 is 31.9 Å². The van der Waals surface area contributed by atoms with Crippen molar-refractivity contribution in [2.24, 2.45) is 0 Å². The highest BCUT2D eigenvalue weighted by Gasteiger charge is 2.29. The Labute approximate surface area is 262 Å². The normalized spacial score (nSPS) is 11.5. The molecule has 8 N–H and O–H groups in total. The lowest BCUT2D eigenvalue weighted by Crippen LogP contribution is -2.08. The number of anilines is 2. The first-order valence-electron chi connectivity index (χ1n) is 10.5. The van der Waals surface area contributed by atoms with Crippen LogP contribution in [0.2, 0.25) is 0 Å². The Morgan fingerprint density at radius 3 is 1.05 bits per heavy atom. The summed E-state index contributed by atoms with van der Waals surface area (Å²) in [6, 6.07) is 12.3. The lowest BCUT2D eigenvalue weighted by atomic mass is 10.3. The van der Waals surface area contributed by atoms with Gasteiger partial charge in [-0.25, -0.2) is 16.8 Å². The molecular formula is C24H18Br4N2O8S2. The van der Waals surface area contributed by atoms with Gasteiger partial charge in [0.25, 0.3) is 0 Å². The first-order valence-corrected chi connectivity index (χ1v) is 16.6. The van der Waals surface area contributed by atoms with E-state index in [0.717, 1.165) is 12.1 Å². The van der Waals surface area contributed by atoms with E-state index in [1.54, 1.807) is 0 Å². The molecule has 0 fully saturated rings. The summed E-state index contributed by atoms with van der Waals surface area (Å²) in [5, 5.41) is 37.5. The average molecular weight is 846 g/mol. The van der Waals surface area contributed by atoms with E-state index in [1.807, 2.05) is 0 Å². The highest BCUT2D eigenvalue weighted by molar-refractivity contribution is 9.11. The molecule has 0 aromatic heterocycles. The Kier molecular flexibility index (Phi) is 9.74. The van der Waals surface area contributed by atoms with Crippen molar-refractivity contribution >= 4 is 94.8 Å². The van der Waals surface area contributed by atoms with Crippen LogP contribution >= 0.6 is 63.7 Å². The number of hydrogen-bond donors (Lipinski definition) is 6. The number of nitrogens with two attached hydrogens (primary N) is 2. The van der Waals surface area contributed by atoms with E-state index in [1.165, 1.54) is 48.5 Å². The molecule has 10 nitrogen and oxygen atoms in total. The van der Waals surface area contributed by atoms with Crippen molar-refractivity contribution in [1.82, 2.24) is 0 Å². The van der Waals surface area contributed by atoms with Crippen molar-refractivity contribution in [2.45, 2.75) is 19.6 Å². The Morgan fingerprint density at radius 1 is 0.475 bits per heavy atom. The molecule has 0 saturated carbocycles. The molecular weight excluding hydrogens is 828 g/mol. The fraction of sp³-hybridized carbons (Fsp3) is 0. The lowest BCUT2D eigenvalue weighted by molar-refractivity contribution is 0.473. The van der Waals surface area contributed by atoms with E-state index in [0.29, 0.717) is 0 Å². The van der Waals surface area contributed by atoms with Gasteiger partial charge in [0.1, 0.15) is 32.8 Å². The van der Waals surface area contributed by atoms with Gasteiger partial charge in [-0.05, 0) is 112 Å². The Morgan fingerprint density at radius 2 is 0.775 bits per heavy atom. The molecule has 40 heavy (non-hydrogen) atoms. The largest absolute Gasteiger partial charge is 0.508 e. The number of benzene rings is 4. The van der Waals surface area contributed by atoms with Gasteiger partial charge >= 0.3 is 0 Å². The van der Waals surface area contributed by atoms with Crippen LogP contribution in [0.25, 0.3) is 0 Å². The minimum atomic E-state index is -3.91. The number of hydrogen-bond acceptors (Lipinski definition) is 10. The van der Waals surface area contributed by atoms with Crippen molar-refractivity contribution < 1.29 is 37.3 Å². The van der Waals surface area contributed by atoms with Gasteiger partial charge in [0.2, 0.25) is 19.7 Å². The average Bonchev–Trinajstić information content (AvgIpc) is 2.77. The molecule has 0 unspecified atom stereocenters. The number of nitrogen functional groups attached to an aromatic ring is 2. The highest BCUT2D eigenvalue weighted by atomic mass is 79.9. The van der Waals surface area contributed by atoms with E-state index in [-0.39, 0.29) is 71.8 Å². The molecule has 0 aliphatic rings. The standard InChI is InChI=1S/C12H6Br4O4S.C12H12N2O4S/c13-7-1-5(17)2-8(14)11(7)21(19,20)12-9(15)3-6(18)4-10(12)16;13-9-5-7(15)1-3-11(9)19(17,18)12-4-2-8(16)6-10(12)14/h1-4,17-18H;1-6,15-16H,13-14H2. The second-order valence-corrected chi connectivity index (χ2v) is 15.1. The van der Waals surface area contributed by atoms with Gasteiger partial charge in [-0.1, -0.05) is 0 Å². The fourth-order valence-corrected chi connectivity index (χ4v) is 11.2. The number of rotatable bonds is 4. The quantitative estimate of drug-likeness (QED) is 0.131. The van der Waals surface area contributed by atoms with Crippen molar-refractivity contribution in [2.75, 3.05) is 11.5 Å². The zero-order valence-electron chi connectivity index (χ0n) is 19.7. The second kappa shape index (κ2) is 12.2. The van der Waals surface area contributed by atoms with E-state index in [9.17, 15) is 37.3 Å². The smallest absolute Gasteiger partial charge is 0.211 e. The van der Waals surface area contributed by atoms with Crippen LogP contribution < -0.4 is 11.5 Å². The number of sulfone groups is 2.